The smallest absolute Gasteiger partial charge is 0.268 e. The Morgan fingerprint density at radius 2 is 1.73 bits per heavy atom. The lowest BCUT2D eigenvalue weighted by Crippen LogP contribution is -2.26. The number of aromatic nitrogens is 1. The maximum atomic E-state index is 13.3. The number of nitrogens with one attached hydrogen (secondary N) is 1. The summed E-state index contributed by atoms with van der Waals surface area (Å²) in [5.41, 5.74) is 1.86. The summed E-state index contributed by atoms with van der Waals surface area (Å²) in [6, 6.07) is 14.3. The maximum Gasteiger partial charge on any atom is 0.268 e. The number of methoxy groups -OCH3 is 1. The second-order valence-corrected chi connectivity index (χ2v) is 8.42. The SMILES string of the molecule is COc1ccc(S(=O)(=O)n2cc(C3CCNCC3)c3ccccc32)cc1. The van der Waals surface area contributed by atoms with E-state index in [9.17, 15) is 8.42 Å². The van der Waals surface area contributed by atoms with Crippen molar-refractivity contribution in [3.8, 4) is 5.75 Å². The third kappa shape index (κ3) is 2.89. The highest BCUT2D eigenvalue weighted by atomic mass is 32.2. The molecule has 1 saturated heterocycles. The molecule has 1 aliphatic rings. The third-order valence-electron chi connectivity index (χ3n) is 5.10. The summed E-state index contributed by atoms with van der Waals surface area (Å²) in [5, 5.41) is 4.39. The highest BCUT2D eigenvalue weighted by molar-refractivity contribution is 7.90. The van der Waals surface area contributed by atoms with E-state index in [4.69, 9.17) is 4.74 Å². The molecule has 0 saturated carbocycles. The zero-order valence-corrected chi connectivity index (χ0v) is 15.5. The largest absolute Gasteiger partial charge is 0.497 e. The fraction of sp³-hybridized carbons (Fsp3) is 0.300. The van der Waals surface area contributed by atoms with Gasteiger partial charge in [0, 0.05) is 11.6 Å². The zero-order chi connectivity index (χ0) is 18.1. The van der Waals surface area contributed by atoms with Crippen LogP contribution in [0.5, 0.6) is 5.75 Å². The molecule has 2 heterocycles. The predicted octanol–water partition coefficient (Wildman–Crippen LogP) is 3.35. The third-order valence-corrected chi connectivity index (χ3v) is 6.79. The first-order valence-corrected chi connectivity index (χ1v) is 10.3. The van der Waals surface area contributed by atoms with Crippen LogP contribution < -0.4 is 10.1 Å². The normalized spacial score (nSPS) is 16.0. The van der Waals surface area contributed by atoms with Gasteiger partial charge in [-0.05, 0) is 67.7 Å². The van der Waals surface area contributed by atoms with Crippen molar-refractivity contribution in [2.75, 3.05) is 20.2 Å². The lowest BCUT2D eigenvalue weighted by atomic mass is 9.90. The average Bonchev–Trinajstić information content (AvgIpc) is 3.09. The molecular formula is C20H22N2O3S. The number of nitrogens with zero attached hydrogens (tertiary/aromatic N) is 1. The molecule has 1 N–H and O–H groups in total. The lowest BCUT2D eigenvalue weighted by molar-refractivity contribution is 0.414. The standard InChI is InChI=1S/C20H22N2O3S/c1-25-16-6-8-17(9-7-16)26(23,24)22-14-19(15-10-12-21-13-11-15)18-4-2-3-5-20(18)22/h2-9,14-15,21H,10-13H2,1H3. The van der Waals surface area contributed by atoms with Gasteiger partial charge in [-0.2, -0.15) is 0 Å². The van der Waals surface area contributed by atoms with Crippen LogP contribution >= 0.6 is 0 Å². The van der Waals surface area contributed by atoms with Crippen LogP contribution in [0.2, 0.25) is 0 Å². The molecule has 1 aromatic heterocycles. The van der Waals surface area contributed by atoms with Crippen LogP contribution in [-0.4, -0.2) is 32.6 Å². The summed E-state index contributed by atoms with van der Waals surface area (Å²) in [4.78, 5) is 0.260. The molecule has 0 amide bonds. The van der Waals surface area contributed by atoms with E-state index in [1.807, 2.05) is 30.5 Å². The molecule has 1 fully saturated rings. The van der Waals surface area contributed by atoms with E-state index in [-0.39, 0.29) is 4.90 Å². The van der Waals surface area contributed by atoms with Crippen LogP contribution in [0.1, 0.15) is 24.3 Å². The number of para-hydroxylation sites is 1. The zero-order valence-electron chi connectivity index (χ0n) is 14.7. The number of fused-ring (bicyclic) bond motifs is 1. The number of piperidine rings is 1. The number of rotatable bonds is 4. The van der Waals surface area contributed by atoms with E-state index in [0.29, 0.717) is 11.7 Å². The van der Waals surface area contributed by atoms with Gasteiger partial charge in [-0.1, -0.05) is 18.2 Å². The molecule has 0 radical (unpaired) electrons. The molecular weight excluding hydrogens is 348 g/mol. The van der Waals surface area contributed by atoms with Gasteiger partial charge < -0.3 is 10.1 Å². The number of hydrogen-bond acceptors (Lipinski definition) is 4. The summed E-state index contributed by atoms with van der Waals surface area (Å²) in [5.74, 6) is 1.02. The lowest BCUT2D eigenvalue weighted by Gasteiger charge is -2.22. The molecule has 6 heteroatoms. The molecule has 5 nitrogen and oxygen atoms in total. The molecule has 0 atom stereocenters. The van der Waals surface area contributed by atoms with E-state index in [1.165, 1.54) is 3.97 Å². The van der Waals surface area contributed by atoms with Crippen LogP contribution in [0.3, 0.4) is 0 Å². The van der Waals surface area contributed by atoms with Gasteiger partial charge >= 0.3 is 0 Å². The molecule has 0 bridgehead atoms. The van der Waals surface area contributed by atoms with Gasteiger partial charge in [0.1, 0.15) is 5.75 Å². The van der Waals surface area contributed by atoms with Crippen molar-refractivity contribution in [2.24, 2.45) is 0 Å². The first-order valence-electron chi connectivity index (χ1n) is 8.81. The van der Waals surface area contributed by atoms with Gasteiger partial charge in [0.15, 0.2) is 0 Å². The van der Waals surface area contributed by atoms with Gasteiger partial charge in [-0.25, -0.2) is 12.4 Å². The van der Waals surface area contributed by atoms with Crippen LogP contribution in [0.15, 0.2) is 59.6 Å². The van der Waals surface area contributed by atoms with E-state index in [1.54, 1.807) is 31.4 Å². The molecule has 0 spiro atoms. The van der Waals surface area contributed by atoms with Crippen LogP contribution in [-0.2, 0) is 10.0 Å². The van der Waals surface area contributed by atoms with Gasteiger partial charge in [0.05, 0.1) is 17.5 Å². The predicted molar refractivity (Wildman–Crippen MR) is 102 cm³/mol. The fourth-order valence-electron chi connectivity index (χ4n) is 3.69. The highest BCUT2D eigenvalue weighted by Gasteiger charge is 2.25. The molecule has 1 aliphatic heterocycles. The van der Waals surface area contributed by atoms with E-state index < -0.39 is 10.0 Å². The minimum Gasteiger partial charge on any atom is -0.497 e. The molecule has 0 aliphatic carbocycles. The van der Waals surface area contributed by atoms with Crippen LogP contribution in [0.4, 0.5) is 0 Å². The van der Waals surface area contributed by atoms with Crippen molar-refractivity contribution in [3.05, 3.63) is 60.3 Å². The first-order chi connectivity index (χ1) is 12.6. The Kier molecular flexibility index (Phi) is 4.46. The Bertz CT molecular complexity index is 1020. The van der Waals surface area contributed by atoms with Gasteiger partial charge in [-0.15, -0.1) is 0 Å². The topological polar surface area (TPSA) is 60.3 Å². The van der Waals surface area contributed by atoms with Crippen molar-refractivity contribution in [3.63, 3.8) is 0 Å². The van der Waals surface area contributed by atoms with E-state index in [2.05, 4.69) is 5.32 Å². The van der Waals surface area contributed by atoms with Crippen LogP contribution in [0, 0.1) is 0 Å². The number of benzene rings is 2. The van der Waals surface area contributed by atoms with Crippen molar-refractivity contribution >= 4 is 20.9 Å². The molecule has 2 aromatic carbocycles. The Balaban J connectivity index is 1.85. The summed E-state index contributed by atoms with van der Waals surface area (Å²) >= 11 is 0. The Hall–Kier alpha value is -2.31. The van der Waals surface area contributed by atoms with E-state index >= 15 is 0 Å². The monoisotopic (exact) mass is 370 g/mol. The summed E-state index contributed by atoms with van der Waals surface area (Å²) in [6.45, 7) is 1.94. The molecule has 26 heavy (non-hydrogen) atoms. The summed E-state index contributed by atoms with van der Waals surface area (Å²) < 4.78 is 33.1. The van der Waals surface area contributed by atoms with E-state index in [0.717, 1.165) is 42.4 Å². The first kappa shape index (κ1) is 17.1. The van der Waals surface area contributed by atoms with Gasteiger partial charge in [0.2, 0.25) is 0 Å². The maximum absolute atomic E-state index is 13.3. The summed E-state index contributed by atoms with van der Waals surface area (Å²) in [6.07, 6.45) is 3.87. The number of ether oxygens (including phenoxy) is 1. The van der Waals surface area contributed by atoms with Crippen LogP contribution in [0.25, 0.3) is 10.9 Å². The quantitative estimate of drug-likeness (QED) is 0.765. The van der Waals surface area contributed by atoms with Crippen molar-refractivity contribution < 1.29 is 13.2 Å². The Morgan fingerprint density at radius 1 is 1.04 bits per heavy atom. The summed E-state index contributed by atoms with van der Waals surface area (Å²) in [7, 11) is -2.10. The second kappa shape index (κ2) is 6.78. The minimum atomic E-state index is -3.66. The molecule has 3 aromatic rings. The number of hydrogen-bond donors (Lipinski definition) is 1. The van der Waals surface area contributed by atoms with Crippen molar-refractivity contribution in [2.45, 2.75) is 23.7 Å². The van der Waals surface area contributed by atoms with Crippen molar-refractivity contribution in [1.82, 2.24) is 9.29 Å². The Morgan fingerprint density at radius 3 is 2.42 bits per heavy atom. The van der Waals surface area contributed by atoms with Gasteiger partial charge in [0.25, 0.3) is 10.0 Å². The fourth-order valence-corrected chi connectivity index (χ4v) is 5.07. The minimum absolute atomic E-state index is 0.260. The molecule has 136 valence electrons. The molecule has 0 unspecified atom stereocenters. The molecule has 4 rings (SSSR count). The van der Waals surface area contributed by atoms with Gasteiger partial charge in [-0.3, -0.25) is 0 Å². The second-order valence-electron chi connectivity index (χ2n) is 6.60. The van der Waals surface area contributed by atoms with Crippen molar-refractivity contribution in [1.29, 1.82) is 0 Å². The Labute approximate surface area is 153 Å². The highest BCUT2D eigenvalue weighted by Crippen LogP contribution is 2.34. The average molecular weight is 370 g/mol.